The van der Waals surface area contributed by atoms with Crippen LogP contribution in [0.2, 0.25) is 0 Å². The molecular formula is C16H32N2O2. The Morgan fingerprint density at radius 2 is 1.95 bits per heavy atom. The van der Waals surface area contributed by atoms with E-state index in [0.717, 1.165) is 32.4 Å². The summed E-state index contributed by atoms with van der Waals surface area (Å²) in [5.41, 5.74) is 4.92. The minimum Gasteiger partial charge on any atom is -0.378 e. The van der Waals surface area contributed by atoms with Crippen molar-refractivity contribution in [3.8, 4) is 0 Å². The van der Waals surface area contributed by atoms with Gasteiger partial charge in [-0.2, -0.15) is 0 Å². The average Bonchev–Trinajstić information content (AvgIpc) is 2.70. The Labute approximate surface area is 123 Å². The Morgan fingerprint density at radius 1 is 1.30 bits per heavy atom. The van der Waals surface area contributed by atoms with Crippen LogP contribution in [0.5, 0.6) is 0 Å². The Balaban J connectivity index is 2.24. The van der Waals surface area contributed by atoms with Gasteiger partial charge in [0.2, 0.25) is 5.91 Å². The van der Waals surface area contributed by atoms with Gasteiger partial charge in [-0.25, -0.2) is 0 Å². The van der Waals surface area contributed by atoms with Crippen molar-refractivity contribution in [1.82, 2.24) is 5.32 Å². The lowest BCUT2D eigenvalue weighted by Gasteiger charge is -2.27. The van der Waals surface area contributed by atoms with Crippen LogP contribution in [0, 0.1) is 0 Å². The molecule has 1 fully saturated rings. The first-order valence-electron chi connectivity index (χ1n) is 8.25. The zero-order valence-electron chi connectivity index (χ0n) is 13.2. The number of amides is 1. The maximum absolute atomic E-state index is 11.6. The fourth-order valence-corrected chi connectivity index (χ4v) is 2.78. The molecule has 4 nitrogen and oxygen atoms in total. The molecule has 20 heavy (non-hydrogen) atoms. The van der Waals surface area contributed by atoms with Crippen molar-refractivity contribution in [2.75, 3.05) is 13.2 Å². The maximum Gasteiger partial charge on any atom is 0.237 e. The van der Waals surface area contributed by atoms with Crippen molar-refractivity contribution >= 4 is 5.91 Å². The van der Waals surface area contributed by atoms with Gasteiger partial charge in [0, 0.05) is 6.61 Å². The minimum absolute atomic E-state index is 0.264. The molecule has 4 heteroatoms. The van der Waals surface area contributed by atoms with Gasteiger partial charge in [0.1, 0.15) is 0 Å². The molecule has 1 unspecified atom stereocenters. The van der Waals surface area contributed by atoms with Crippen LogP contribution in [-0.4, -0.2) is 30.7 Å². The largest absolute Gasteiger partial charge is 0.378 e. The highest BCUT2D eigenvalue weighted by molar-refractivity contribution is 5.84. The lowest BCUT2D eigenvalue weighted by molar-refractivity contribution is -0.124. The third-order valence-electron chi connectivity index (χ3n) is 4.29. The van der Waals surface area contributed by atoms with E-state index >= 15 is 0 Å². The summed E-state index contributed by atoms with van der Waals surface area (Å²) in [6.45, 7) is 5.55. The number of carbonyl (C=O) groups is 1. The number of nitrogens with two attached hydrogens (primary N) is 1. The molecule has 3 N–H and O–H groups in total. The maximum atomic E-state index is 11.6. The fourth-order valence-electron chi connectivity index (χ4n) is 2.78. The molecule has 0 aromatic rings. The van der Waals surface area contributed by atoms with E-state index in [1.807, 2.05) is 6.92 Å². The smallest absolute Gasteiger partial charge is 0.237 e. The van der Waals surface area contributed by atoms with Gasteiger partial charge in [-0.05, 0) is 45.6 Å². The van der Waals surface area contributed by atoms with E-state index in [1.165, 1.54) is 38.5 Å². The summed E-state index contributed by atoms with van der Waals surface area (Å²) < 4.78 is 5.96. The van der Waals surface area contributed by atoms with Crippen LogP contribution in [0.4, 0.5) is 0 Å². The molecule has 0 saturated heterocycles. The third-order valence-corrected chi connectivity index (χ3v) is 4.29. The molecule has 0 aromatic heterocycles. The van der Waals surface area contributed by atoms with Crippen molar-refractivity contribution < 1.29 is 9.53 Å². The van der Waals surface area contributed by atoms with E-state index in [-0.39, 0.29) is 5.91 Å². The van der Waals surface area contributed by atoms with E-state index < -0.39 is 5.54 Å². The monoisotopic (exact) mass is 284 g/mol. The topological polar surface area (TPSA) is 64.3 Å². The van der Waals surface area contributed by atoms with Crippen LogP contribution in [0.25, 0.3) is 0 Å². The highest BCUT2D eigenvalue weighted by atomic mass is 16.5. The van der Waals surface area contributed by atoms with Gasteiger partial charge in [0.25, 0.3) is 0 Å². The van der Waals surface area contributed by atoms with Crippen LogP contribution in [0.1, 0.15) is 71.6 Å². The van der Waals surface area contributed by atoms with Crippen molar-refractivity contribution in [3.63, 3.8) is 0 Å². The van der Waals surface area contributed by atoms with Gasteiger partial charge in [-0.15, -0.1) is 0 Å². The van der Waals surface area contributed by atoms with E-state index in [1.54, 1.807) is 0 Å². The molecule has 1 aliphatic carbocycles. The zero-order valence-corrected chi connectivity index (χ0v) is 13.2. The van der Waals surface area contributed by atoms with Crippen molar-refractivity contribution in [1.29, 1.82) is 0 Å². The molecule has 0 aromatic carbocycles. The van der Waals surface area contributed by atoms with E-state index in [2.05, 4.69) is 12.2 Å². The van der Waals surface area contributed by atoms with Crippen LogP contribution < -0.4 is 11.1 Å². The van der Waals surface area contributed by atoms with Gasteiger partial charge >= 0.3 is 0 Å². The number of nitrogens with one attached hydrogen (secondary N) is 1. The van der Waals surface area contributed by atoms with Crippen LogP contribution in [0.3, 0.4) is 0 Å². The Bertz CT molecular complexity index is 276. The molecule has 1 atom stereocenters. The van der Waals surface area contributed by atoms with Crippen LogP contribution >= 0.6 is 0 Å². The van der Waals surface area contributed by atoms with E-state index in [4.69, 9.17) is 10.5 Å². The summed E-state index contributed by atoms with van der Waals surface area (Å²) in [6.07, 6.45) is 10.7. The summed E-state index contributed by atoms with van der Waals surface area (Å²) in [7, 11) is 0. The second kappa shape index (κ2) is 9.35. The highest BCUT2D eigenvalue weighted by Crippen LogP contribution is 2.20. The van der Waals surface area contributed by atoms with E-state index in [9.17, 15) is 4.79 Å². The van der Waals surface area contributed by atoms with Crippen LogP contribution in [0.15, 0.2) is 0 Å². The summed E-state index contributed by atoms with van der Waals surface area (Å²) in [5, 5.41) is 3.26. The molecule has 0 radical (unpaired) electrons. The lowest BCUT2D eigenvalue weighted by Crippen LogP contribution is -2.53. The Kier molecular flexibility index (Phi) is 8.15. The molecule has 0 aliphatic heterocycles. The SMILES string of the molecule is CCCNC(C)(CCCOC1CCCCCC1)C(N)=O. The summed E-state index contributed by atoms with van der Waals surface area (Å²) in [5.74, 6) is -0.264. The molecule has 0 heterocycles. The standard InChI is InChI=1S/C16H32N2O2/c1-3-12-18-16(2,15(17)19)11-8-13-20-14-9-6-4-5-7-10-14/h14,18H,3-13H2,1-2H3,(H2,17,19). The normalized spacial score (nSPS) is 20.3. The molecule has 1 amide bonds. The molecule has 118 valence electrons. The average molecular weight is 284 g/mol. The summed E-state index contributed by atoms with van der Waals surface area (Å²) in [6, 6.07) is 0. The molecule has 1 saturated carbocycles. The zero-order chi connectivity index (χ0) is 14.8. The van der Waals surface area contributed by atoms with Gasteiger partial charge < -0.3 is 15.8 Å². The first-order chi connectivity index (χ1) is 9.58. The van der Waals surface area contributed by atoms with Gasteiger partial charge in [-0.3, -0.25) is 4.79 Å². The Morgan fingerprint density at radius 3 is 2.50 bits per heavy atom. The molecule has 1 aliphatic rings. The van der Waals surface area contributed by atoms with Gasteiger partial charge in [0.05, 0.1) is 11.6 Å². The summed E-state index contributed by atoms with van der Waals surface area (Å²) >= 11 is 0. The van der Waals surface area contributed by atoms with Crippen LogP contribution in [-0.2, 0) is 9.53 Å². The third kappa shape index (κ3) is 6.23. The second-order valence-electron chi connectivity index (χ2n) is 6.21. The van der Waals surface area contributed by atoms with Crippen molar-refractivity contribution in [2.24, 2.45) is 5.73 Å². The van der Waals surface area contributed by atoms with E-state index in [0.29, 0.717) is 6.10 Å². The number of rotatable bonds is 9. The molecule has 0 bridgehead atoms. The first kappa shape index (κ1) is 17.4. The van der Waals surface area contributed by atoms with Crippen molar-refractivity contribution in [3.05, 3.63) is 0 Å². The number of hydrogen-bond acceptors (Lipinski definition) is 3. The van der Waals surface area contributed by atoms with Gasteiger partial charge in [-0.1, -0.05) is 32.6 Å². The predicted octanol–water partition coefficient (Wildman–Crippen LogP) is 2.75. The fraction of sp³-hybridized carbons (Fsp3) is 0.938. The minimum atomic E-state index is -0.594. The highest BCUT2D eigenvalue weighted by Gasteiger charge is 2.29. The molecule has 1 rings (SSSR count). The summed E-state index contributed by atoms with van der Waals surface area (Å²) in [4.78, 5) is 11.6. The quantitative estimate of drug-likeness (QED) is 0.505. The molecule has 0 spiro atoms. The number of carbonyl (C=O) groups excluding carboxylic acids is 1. The number of hydrogen-bond donors (Lipinski definition) is 2. The second-order valence-corrected chi connectivity index (χ2v) is 6.21. The predicted molar refractivity (Wildman–Crippen MR) is 82.6 cm³/mol. The molecular weight excluding hydrogens is 252 g/mol. The first-order valence-corrected chi connectivity index (χ1v) is 8.25. The Hall–Kier alpha value is -0.610. The number of ether oxygens (including phenoxy) is 1. The number of primary amides is 1. The van der Waals surface area contributed by atoms with Crippen molar-refractivity contribution in [2.45, 2.75) is 83.3 Å². The lowest BCUT2D eigenvalue weighted by atomic mass is 9.95. The van der Waals surface area contributed by atoms with Gasteiger partial charge in [0.15, 0.2) is 0 Å².